The van der Waals surface area contributed by atoms with Crippen molar-refractivity contribution >= 4 is 22.0 Å². The SMILES string of the molecule is Cc1ccccc1-c1cc(O)ccc1S(=O)(=O)NCC1NC(=O)NC1=O. The molecule has 0 aliphatic carbocycles. The molecule has 1 saturated heterocycles. The molecule has 1 unspecified atom stereocenters. The maximum atomic E-state index is 12.8. The largest absolute Gasteiger partial charge is 0.508 e. The molecule has 1 heterocycles. The van der Waals surface area contributed by atoms with E-state index in [1.807, 2.05) is 24.4 Å². The van der Waals surface area contributed by atoms with Crippen LogP contribution in [-0.2, 0) is 14.8 Å². The van der Waals surface area contributed by atoms with E-state index in [0.717, 1.165) is 5.56 Å². The van der Waals surface area contributed by atoms with E-state index in [-0.39, 0.29) is 17.2 Å². The van der Waals surface area contributed by atoms with Crippen molar-refractivity contribution in [1.82, 2.24) is 15.4 Å². The highest BCUT2D eigenvalue weighted by Crippen LogP contribution is 2.32. The first-order valence-corrected chi connectivity index (χ1v) is 9.26. The zero-order valence-corrected chi connectivity index (χ0v) is 14.6. The molecule has 0 aromatic heterocycles. The van der Waals surface area contributed by atoms with Crippen LogP contribution < -0.4 is 15.4 Å². The smallest absolute Gasteiger partial charge is 0.322 e. The summed E-state index contributed by atoms with van der Waals surface area (Å²) in [7, 11) is -3.99. The van der Waals surface area contributed by atoms with Crippen molar-refractivity contribution in [2.24, 2.45) is 0 Å². The summed E-state index contributed by atoms with van der Waals surface area (Å²) in [6, 6.07) is 9.51. The zero-order valence-electron chi connectivity index (χ0n) is 13.8. The molecule has 1 fully saturated rings. The third-order valence-electron chi connectivity index (χ3n) is 4.02. The van der Waals surface area contributed by atoms with Gasteiger partial charge < -0.3 is 10.4 Å². The molecule has 0 bridgehead atoms. The average molecular weight is 375 g/mol. The highest BCUT2D eigenvalue weighted by molar-refractivity contribution is 7.89. The van der Waals surface area contributed by atoms with Gasteiger partial charge in [0, 0.05) is 12.1 Å². The number of benzene rings is 2. The number of amides is 3. The molecule has 8 nitrogen and oxygen atoms in total. The Labute approximate surface area is 150 Å². The van der Waals surface area contributed by atoms with Gasteiger partial charge in [0.2, 0.25) is 10.0 Å². The van der Waals surface area contributed by atoms with Crippen LogP contribution in [0.2, 0.25) is 0 Å². The molecule has 2 aromatic rings. The number of carbonyl (C=O) groups is 2. The lowest BCUT2D eigenvalue weighted by atomic mass is 10.0. The number of phenols is 1. The van der Waals surface area contributed by atoms with Crippen LogP contribution in [-0.4, -0.2) is 38.0 Å². The van der Waals surface area contributed by atoms with E-state index >= 15 is 0 Å². The van der Waals surface area contributed by atoms with E-state index in [2.05, 4.69) is 10.0 Å². The quantitative estimate of drug-likeness (QED) is 0.577. The molecule has 4 N–H and O–H groups in total. The maximum absolute atomic E-state index is 12.8. The van der Waals surface area contributed by atoms with Crippen molar-refractivity contribution in [2.45, 2.75) is 17.9 Å². The third-order valence-corrected chi connectivity index (χ3v) is 5.51. The van der Waals surface area contributed by atoms with Crippen molar-refractivity contribution in [2.75, 3.05) is 6.54 Å². The van der Waals surface area contributed by atoms with Crippen molar-refractivity contribution in [3.63, 3.8) is 0 Å². The molecule has 3 rings (SSSR count). The Hall–Kier alpha value is -2.91. The van der Waals surface area contributed by atoms with Crippen LogP contribution in [0, 0.1) is 6.92 Å². The van der Waals surface area contributed by atoms with Crippen LogP contribution in [0.1, 0.15) is 5.56 Å². The molecular weight excluding hydrogens is 358 g/mol. The van der Waals surface area contributed by atoms with Crippen LogP contribution in [0.3, 0.4) is 0 Å². The van der Waals surface area contributed by atoms with Crippen LogP contribution >= 0.6 is 0 Å². The summed E-state index contributed by atoms with van der Waals surface area (Å²) < 4.78 is 27.8. The lowest BCUT2D eigenvalue weighted by Crippen LogP contribution is -2.41. The third kappa shape index (κ3) is 3.53. The van der Waals surface area contributed by atoms with Crippen LogP contribution in [0.5, 0.6) is 5.75 Å². The second kappa shape index (κ2) is 6.77. The van der Waals surface area contributed by atoms with Gasteiger partial charge in [-0.3, -0.25) is 10.1 Å². The van der Waals surface area contributed by atoms with Gasteiger partial charge in [0.15, 0.2) is 0 Å². The Morgan fingerprint density at radius 2 is 1.85 bits per heavy atom. The number of aromatic hydroxyl groups is 1. The summed E-state index contributed by atoms with van der Waals surface area (Å²) >= 11 is 0. The standard InChI is InChI=1S/C17H17N3O5S/c1-10-4-2-3-5-12(10)13-8-11(21)6-7-15(13)26(24,25)18-9-14-16(22)20-17(23)19-14/h2-8,14,18,21H,9H2,1H3,(H2,19,20,22,23). The monoisotopic (exact) mass is 375 g/mol. The maximum Gasteiger partial charge on any atom is 0.322 e. The number of hydrogen-bond acceptors (Lipinski definition) is 5. The number of nitrogens with one attached hydrogen (secondary N) is 3. The van der Waals surface area contributed by atoms with Crippen LogP contribution in [0.4, 0.5) is 4.79 Å². The summed E-state index contributed by atoms with van der Waals surface area (Å²) in [6.07, 6.45) is 0. The zero-order chi connectivity index (χ0) is 18.9. The summed E-state index contributed by atoms with van der Waals surface area (Å²) in [6.45, 7) is 1.55. The van der Waals surface area contributed by atoms with Crippen molar-refractivity contribution in [3.8, 4) is 16.9 Å². The van der Waals surface area contributed by atoms with E-state index in [1.165, 1.54) is 18.2 Å². The van der Waals surface area contributed by atoms with E-state index in [0.29, 0.717) is 11.1 Å². The minimum absolute atomic E-state index is 0.0330. The molecular formula is C17H17N3O5S. The van der Waals surface area contributed by atoms with Gasteiger partial charge in [-0.1, -0.05) is 24.3 Å². The molecule has 2 aromatic carbocycles. The van der Waals surface area contributed by atoms with Crippen molar-refractivity contribution in [3.05, 3.63) is 48.0 Å². The van der Waals surface area contributed by atoms with Gasteiger partial charge in [0.05, 0.1) is 4.90 Å². The minimum Gasteiger partial charge on any atom is -0.508 e. The van der Waals surface area contributed by atoms with Crippen molar-refractivity contribution in [1.29, 1.82) is 0 Å². The summed E-state index contributed by atoms with van der Waals surface area (Å²) in [5.41, 5.74) is 1.85. The number of rotatable bonds is 5. The second-order valence-electron chi connectivity index (χ2n) is 5.86. The van der Waals surface area contributed by atoms with Gasteiger partial charge in [-0.15, -0.1) is 0 Å². The minimum atomic E-state index is -3.99. The average Bonchev–Trinajstić information content (AvgIpc) is 2.91. The van der Waals surface area contributed by atoms with E-state index in [4.69, 9.17) is 0 Å². The molecule has 9 heteroatoms. The van der Waals surface area contributed by atoms with Gasteiger partial charge in [0.1, 0.15) is 11.8 Å². The molecule has 1 aliphatic heterocycles. The lowest BCUT2D eigenvalue weighted by Gasteiger charge is -2.15. The summed E-state index contributed by atoms with van der Waals surface area (Å²) in [4.78, 5) is 22.6. The Kier molecular flexibility index (Phi) is 4.66. The fraction of sp³-hybridized carbons (Fsp3) is 0.176. The first-order chi connectivity index (χ1) is 12.3. The fourth-order valence-electron chi connectivity index (χ4n) is 2.71. The number of imide groups is 1. The fourth-order valence-corrected chi connectivity index (χ4v) is 3.96. The van der Waals surface area contributed by atoms with Crippen LogP contribution in [0.25, 0.3) is 11.1 Å². The first kappa shape index (κ1) is 17.9. The molecule has 1 aliphatic rings. The Balaban J connectivity index is 1.94. The van der Waals surface area contributed by atoms with Crippen molar-refractivity contribution < 1.29 is 23.1 Å². The summed E-state index contributed by atoms with van der Waals surface area (Å²) in [5.74, 6) is -0.660. The van der Waals surface area contributed by atoms with Gasteiger partial charge in [-0.25, -0.2) is 17.9 Å². The molecule has 0 spiro atoms. The van der Waals surface area contributed by atoms with E-state index < -0.39 is 28.0 Å². The number of hydrogen-bond donors (Lipinski definition) is 4. The highest BCUT2D eigenvalue weighted by atomic mass is 32.2. The second-order valence-corrected chi connectivity index (χ2v) is 7.60. The number of sulfonamides is 1. The Morgan fingerprint density at radius 1 is 1.12 bits per heavy atom. The molecule has 0 radical (unpaired) electrons. The number of phenolic OH excluding ortho intramolecular Hbond substituents is 1. The molecule has 0 saturated carbocycles. The van der Waals surface area contributed by atoms with Gasteiger partial charge in [0.25, 0.3) is 5.91 Å². The molecule has 1 atom stereocenters. The normalized spacial score (nSPS) is 17.0. The first-order valence-electron chi connectivity index (χ1n) is 7.78. The molecule has 136 valence electrons. The Bertz CT molecular complexity index is 988. The highest BCUT2D eigenvalue weighted by Gasteiger charge is 2.31. The van der Waals surface area contributed by atoms with E-state index in [1.54, 1.807) is 12.1 Å². The predicted octanol–water partition coefficient (Wildman–Crippen LogP) is 0.854. The molecule has 3 amide bonds. The Morgan fingerprint density at radius 3 is 2.50 bits per heavy atom. The van der Waals surface area contributed by atoms with Gasteiger partial charge >= 0.3 is 6.03 Å². The topological polar surface area (TPSA) is 125 Å². The van der Waals surface area contributed by atoms with Gasteiger partial charge in [-0.05, 0) is 36.2 Å². The van der Waals surface area contributed by atoms with Gasteiger partial charge in [-0.2, -0.15) is 0 Å². The number of urea groups is 1. The molecule has 26 heavy (non-hydrogen) atoms. The van der Waals surface area contributed by atoms with E-state index in [9.17, 15) is 23.1 Å². The van der Waals surface area contributed by atoms with Crippen LogP contribution in [0.15, 0.2) is 47.4 Å². The lowest BCUT2D eigenvalue weighted by molar-refractivity contribution is -0.120. The number of aryl methyl sites for hydroxylation is 1. The summed E-state index contributed by atoms with van der Waals surface area (Å²) in [5, 5.41) is 14.2. The number of carbonyl (C=O) groups excluding carboxylic acids is 2. The predicted molar refractivity (Wildman–Crippen MR) is 93.9 cm³/mol.